The molecule has 0 radical (unpaired) electrons. The zero-order valence-corrected chi connectivity index (χ0v) is 9.30. The van der Waals surface area contributed by atoms with Crippen molar-refractivity contribution in [2.45, 2.75) is 6.92 Å². The number of nitrogen functional groups attached to an aromatic ring is 1. The van der Waals surface area contributed by atoms with Gasteiger partial charge < -0.3 is 19.9 Å². The van der Waals surface area contributed by atoms with Crippen LogP contribution in [0.3, 0.4) is 0 Å². The maximum absolute atomic E-state index is 5.77. The van der Waals surface area contributed by atoms with E-state index in [1.807, 2.05) is 6.92 Å². The van der Waals surface area contributed by atoms with Crippen LogP contribution < -0.4 is 19.9 Å². The molecular formula is C10H14ClNO3. The summed E-state index contributed by atoms with van der Waals surface area (Å²) >= 11 is 0. The second kappa shape index (κ2) is 4.98. The smallest absolute Gasteiger partial charge is 0.165 e. The predicted molar refractivity (Wildman–Crippen MR) is 60.3 cm³/mol. The van der Waals surface area contributed by atoms with Gasteiger partial charge in [-0.2, -0.15) is 0 Å². The standard InChI is InChI=1S/C10H13NO3.ClH/c1-2-12-8-6-10-9(5-7(8)11)13-3-4-14-10;/h5-6H,2-4,11H2,1H3;1H. The van der Waals surface area contributed by atoms with Crippen LogP contribution in [0.15, 0.2) is 12.1 Å². The molecule has 2 rings (SSSR count). The van der Waals surface area contributed by atoms with Crippen LogP contribution in [0, 0.1) is 0 Å². The zero-order chi connectivity index (χ0) is 9.97. The lowest BCUT2D eigenvalue weighted by molar-refractivity contribution is 0.170. The molecule has 0 saturated carbocycles. The fourth-order valence-electron chi connectivity index (χ4n) is 1.37. The highest BCUT2D eigenvalue weighted by atomic mass is 35.5. The molecule has 1 aliphatic rings. The summed E-state index contributed by atoms with van der Waals surface area (Å²) in [4.78, 5) is 0. The van der Waals surface area contributed by atoms with Crippen molar-refractivity contribution < 1.29 is 14.2 Å². The number of hydrogen-bond acceptors (Lipinski definition) is 4. The van der Waals surface area contributed by atoms with Gasteiger partial charge in [0, 0.05) is 12.1 Å². The fourth-order valence-corrected chi connectivity index (χ4v) is 1.37. The van der Waals surface area contributed by atoms with Gasteiger partial charge in [-0.1, -0.05) is 0 Å². The monoisotopic (exact) mass is 231 g/mol. The number of benzene rings is 1. The molecule has 84 valence electrons. The summed E-state index contributed by atoms with van der Waals surface area (Å²) in [6.45, 7) is 3.64. The number of rotatable bonds is 2. The highest BCUT2D eigenvalue weighted by Crippen LogP contribution is 2.38. The van der Waals surface area contributed by atoms with Crippen LogP contribution in [0.2, 0.25) is 0 Å². The summed E-state index contributed by atoms with van der Waals surface area (Å²) in [6, 6.07) is 3.51. The highest BCUT2D eigenvalue weighted by molar-refractivity contribution is 5.85. The minimum Gasteiger partial charge on any atom is -0.492 e. The Hall–Kier alpha value is -1.29. The minimum absolute atomic E-state index is 0. The molecule has 0 unspecified atom stereocenters. The van der Waals surface area contributed by atoms with E-state index in [0.29, 0.717) is 42.8 Å². The summed E-state index contributed by atoms with van der Waals surface area (Å²) in [5.74, 6) is 2.04. The van der Waals surface area contributed by atoms with E-state index in [-0.39, 0.29) is 12.4 Å². The lowest BCUT2D eigenvalue weighted by Gasteiger charge is -2.19. The van der Waals surface area contributed by atoms with Gasteiger partial charge in [-0.25, -0.2) is 0 Å². The normalized spacial score (nSPS) is 12.9. The first-order valence-corrected chi connectivity index (χ1v) is 4.63. The molecule has 0 aromatic heterocycles. The highest BCUT2D eigenvalue weighted by Gasteiger charge is 2.14. The Balaban J connectivity index is 0.00000112. The van der Waals surface area contributed by atoms with Crippen molar-refractivity contribution in [2.75, 3.05) is 25.6 Å². The molecule has 2 N–H and O–H groups in total. The lowest BCUT2D eigenvalue weighted by atomic mass is 10.2. The van der Waals surface area contributed by atoms with Gasteiger partial charge in [0.15, 0.2) is 11.5 Å². The summed E-state index contributed by atoms with van der Waals surface area (Å²) in [5.41, 5.74) is 6.35. The fraction of sp³-hybridized carbons (Fsp3) is 0.400. The second-order valence-corrected chi connectivity index (χ2v) is 2.97. The van der Waals surface area contributed by atoms with E-state index < -0.39 is 0 Å². The Labute approximate surface area is 94.7 Å². The third-order valence-corrected chi connectivity index (χ3v) is 1.97. The molecule has 4 nitrogen and oxygen atoms in total. The number of hydrogen-bond donors (Lipinski definition) is 1. The predicted octanol–water partition coefficient (Wildman–Crippen LogP) is 1.86. The van der Waals surface area contributed by atoms with Crippen molar-refractivity contribution in [3.8, 4) is 17.2 Å². The molecule has 0 fully saturated rings. The van der Waals surface area contributed by atoms with Gasteiger partial charge in [0.05, 0.1) is 12.3 Å². The Morgan fingerprint density at radius 3 is 2.47 bits per heavy atom. The molecule has 5 heteroatoms. The third kappa shape index (κ3) is 2.39. The molecule has 0 saturated heterocycles. The maximum atomic E-state index is 5.77. The quantitative estimate of drug-likeness (QED) is 0.790. The van der Waals surface area contributed by atoms with Crippen molar-refractivity contribution in [1.29, 1.82) is 0 Å². The Morgan fingerprint density at radius 2 is 1.87 bits per heavy atom. The molecule has 15 heavy (non-hydrogen) atoms. The van der Waals surface area contributed by atoms with Crippen LogP contribution in [0.1, 0.15) is 6.92 Å². The average Bonchev–Trinajstić information content (AvgIpc) is 2.19. The van der Waals surface area contributed by atoms with Gasteiger partial charge >= 0.3 is 0 Å². The van der Waals surface area contributed by atoms with Gasteiger partial charge in [-0.3, -0.25) is 0 Å². The van der Waals surface area contributed by atoms with Gasteiger partial charge in [0.25, 0.3) is 0 Å². The molecule has 0 atom stereocenters. The number of nitrogens with two attached hydrogens (primary N) is 1. The van der Waals surface area contributed by atoms with E-state index in [9.17, 15) is 0 Å². The van der Waals surface area contributed by atoms with Crippen LogP contribution in [0.25, 0.3) is 0 Å². The lowest BCUT2D eigenvalue weighted by Crippen LogP contribution is -2.15. The van der Waals surface area contributed by atoms with Gasteiger partial charge in [0.1, 0.15) is 19.0 Å². The van der Waals surface area contributed by atoms with Crippen molar-refractivity contribution in [3.05, 3.63) is 12.1 Å². The largest absolute Gasteiger partial charge is 0.492 e. The van der Waals surface area contributed by atoms with Crippen LogP contribution >= 0.6 is 12.4 Å². The summed E-state index contributed by atoms with van der Waals surface area (Å²) < 4.78 is 16.1. The summed E-state index contributed by atoms with van der Waals surface area (Å²) in [7, 11) is 0. The topological polar surface area (TPSA) is 53.7 Å². The van der Waals surface area contributed by atoms with Crippen molar-refractivity contribution in [3.63, 3.8) is 0 Å². The van der Waals surface area contributed by atoms with Crippen LogP contribution in [-0.4, -0.2) is 19.8 Å². The molecule has 1 aliphatic heterocycles. The second-order valence-electron chi connectivity index (χ2n) is 2.97. The van der Waals surface area contributed by atoms with Crippen molar-refractivity contribution in [2.24, 2.45) is 0 Å². The van der Waals surface area contributed by atoms with E-state index >= 15 is 0 Å². The Kier molecular flexibility index (Phi) is 3.91. The molecule has 1 aromatic carbocycles. The van der Waals surface area contributed by atoms with Crippen molar-refractivity contribution >= 4 is 18.1 Å². The molecule has 0 amide bonds. The van der Waals surface area contributed by atoms with Crippen molar-refractivity contribution in [1.82, 2.24) is 0 Å². The van der Waals surface area contributed by atoms with Gasteiger partial charge in [-0.15, -0.1) is 12.4 Å². The maximum Gasteiger partial charge on any atom is 0.165 e. The van der Waals surface area contributed by atoms with E-state index in [4.69, 9.17) is 19.9 Å². The first-order chi connectivity index (χ1) is 6.81. The zero-order valence-electron chi connectivity index (χ0n) is 8.49. The first kappa shape index (κ1) is 11.8. The summed E-state index contributed by atoms with van der Waals surface area (Å²) in [6.07, 6.45) is 0. The molecule has 0 spiro atoms. The average molecular weight is 232 g/mol. The van der Waals surface area contributed by atoms with Crippen LogP contribution in [-0.2, 0) is 0 Å². The van der Waals surface area contributed by atoms with Crippen LogP contribution in [0.5, 0.6) is 17.2 Å². The Morgan fingerprint density at radius 1 is 1.27 bits per heavy atom. The van der Waals surface area contributed by atoms with Gasteiger partial charge in [0.2, 0.25) is 0 Å². The third-order valence-electron chi connectivity index (χ3n) is 1.97. The van der Waals surface area contributed by atoms with E-state index in [0.717, 1.165) is 0 Å². The number of anilines is 1. The van der Waals surface area contributed by atoms with E-state index in [1.54, 1.807) is 12.1 Å². The Bertz CT molecular complexity index is 344. The molecule has 0 bridgehead atoms. The molecule has 1 heterocycles. The number of ether oxygens (including phenoxy) is 3. The SMILES string of the molecule is CCOc1cc2c(cc1N)OCCO2.Cl. The molecule has 0 aliphatic carbocycles. The molecular weight excluding hydrogens is 218 g/mol. The van der Waals surface area contributed by atoms with E-state index in [1.165, 1.54) is 0 Å². The van der Waals surface area contributed by atoms with Crippen LogP contribution in [0.4, 0.5) is 5.69 Å². The number of fused-ring (bicyclic) bond motifs is 1. The molecule has 1 aromatic rings. The number of halogens is 1. The van der Waals surface area contributed by atoms with Gasteiger partial charge in [-0.05, 0) is 6.92 Å². The first-order valence-electron chi connectivity index (χ1n) is 4.63. The minimum atomic E-state index is 0. The summed E-state index contributed by atoms with van der Waals surface area (Å²) in [5, 5.41) is 0. The van der Waals surface area contributed by atoms with E-state index in [2.05, 4.69) is 0 Å².